The molecule has 10 aromatic rings. The molecule has 2 unspecified atom stereocenters. The summed E-state index contributed by atoms with van der Waals surface area (Å²) in [6.07, 6.45) is 21.3. The average Bonchev–Trinajstić information content (AvgIpc) is 1.45. The molecule has 7 heterocycles. The maximum atomic E-state index is 14.5. The Morgan fingerprint density at radius 1 is 0.551 bits per heavy atom. The molecule has 0 spiro atoms. The molecular weight excluding hydrogens is 2030 g/mol. The molecule has 14 rings (SSSR count). The van der Waals surface area contributed by atoms with Crippen molar-refractivity contribution in [2.45, 2.75) is 279 Å². The molecule has 3 aliphatic carbocycles. The number of benzene rings is 4. The minimum atomic E-state index is -3.43. The van der Waals surface area contributed by atoms with Gasteiger partial charge < -0.3 is 9.64 Å². The van der Waals surface area contributed by atoms with E-state index in [1.165, 1.54) is 32.3 Å². The normalized spacial score (nSPS) is 16.3. The molecule has 1 N–H and O–H groups in total. The van der Waals surface area contributed by atoms with Gasteiger partial charge in [-0.05, 0) is 151 Å². The first kappa shape index (κ1) is 117. The van der Waals surface area contributed by atoms with Gasteiger partial charge in [0.15, 0.2) is 46.4 Å². The van der Waals surface area contributed by atoms with Crippen molar-refractivity contribution in [1.29, 1.82) is 10.5 Å². The predicted octanol–water partition coefficient (Wildman–Crippen LogP) is 26.0. The van der Waals surface area contributed by atoms with Gasteiger partial charge in [-0.15, -0.1) is 0 Å². The summed E-state index contributed by atoms with van der Waals surface area (Å²) >= 11 is 43.4. The molecule has 3 saturated carbocycles. The van der Waals surface area contributed by atoms with Crippen LogP contribution in [0.1, 0.15) is 187 Å². The Morgan fingerprint density at radius 3 is 1.31 bits per heavy atom. The second kappa shape index (κ2) is 47.5. The molecule has 4 aromatic carbocycles. The van der Waals surface area contributed by atoms with E-state index in [0.29, 0.717) is 41.4 Å². The number of aromatic nitrogens is 10. The van der Waals surface area contributed by atoms with E-state index in [1.807, 2.05) is 195 Å². The Hall–Kier alpha value is -5.92. The average molecular weight is 2170 g/mol. The summed E-state index contributed by atoms with van der Waals surface area (Å²) < 4.78 is 76.2. The van der Waals surface area contributed by atoms with Crippen LogP contribution < -0.4 is 20.3 Å². The van der Waals surface area contributed by atoms with Gasteiger partial charge in [-0.2, -0.15) is 20.7 Å². The molecule has 24 nitrogen and oxygen atoms in total. The summed E-state index contributed by atoms with van der Waals surface area (Å²) in [6.45, 7) is 54.2. The standard InChI is InChI=1S/C28H40N8O2SSi.C21H24N6O2.C18H15Cl2P.C12H20ClNOSSi.C9H21NO2SSi.C6H15N.2CHCl3/c1-26(2,3)25(37)35-14-11-22-23(30-19-31-24(22)35)20-15-32-36(16-20)28(12-13-29)17-34(18-28)39(38,21-9-10-21)33-40(7,8)27(4,5)6;1-20(2,3)19(28)29-14-26-10-5-16-17(23-13-24-18(16)26)15-11-25-27(12-15)21(8-9-22)6-4-7-21;19-21(20,16-10-4-1-5-11-16,17-12-6-2-7-13-17)18-14-8-3-9-15-18;1-12(2,3)17(4,5)14-16(13,15)11-9-7-6-8-10-11;1-9(2,3)14(4,5)10-13(11,12)8-6-7-8;1-4-7(5-2)6-3;2*2-1(3)4/h11,14-16,19,21H,9-10,12,17-18H2,1-8H3;5,10-13H,4,6-8,14H2,1-3H3;1-15H;6-10H,1-5H3;8,10H,6-7H2,1-5H3;4-6H2,1-3H3;2*1H. The van der Waals surface area contributed by atoms with Crippen molar-refractivity contribution in [3.05, 3.63) is 183 Å². The Morgan fingerprint density at radius 2 is 0.941 bits per heavy atom. The van der Waals surface area contributed by atoms with Crippen LogP contribution in [0.5, 0.6) is 0 Å². The second-order valence-corrected chi connectivity index (χ2v) is 75.7. The van der Waals surface area contributed by atoms with Gasteiger partial charge in [0, 0.05) is 75.9 Å². The molecule has 2 atom stereocenters. The van der Waals surface area contributed by atoms with Crippen LogP contribution in [-0.4, -0.2) is 163 Å². The fourth-order valence-electron chi connectivity index (χ4n) is 13.7. The second-order valence-electron chi connectivity index (χ2n) is 40.9. The van der Waals surface area contributed by atoms with Crippen molar-refractivity contribution < 1.29 is 31.2 Å². The summed E-state index contributed by atoms with van der Waals surface area (Å²) in [6, 6.07) is 47.4. The van der Waals surface area contributed by atoms with Crippen molar-refractivity contribution in [2.75, 3.05) is 32.7 Å². The Kier molecular flexibility index (Phi) is 40.9. The van der Waals surface area contributed by atoms with Crippen LogP contribution in [0.25, 0.3) is 44.6 Å². The number of esters is 1. The van der Waals surface area contributed by atoms with E-state index in [0.717, 1.165) is 88.5 Å². The minimum absolute atomic E-state index is 0.00460. The van der Waals surface area contributed by atoms with E-state index in [1.54, 1.807) is 39.9 Å². The molecule has 0 radical (unpaired) electrons. The number of fused-ring (bicyclic) bond motifs is 2. The number of nitrogens with one attached hydrogen (secondary N) is 1. The molecule has 1 aliphatic heterocycles. The van der Waals surface area contributed by atoms with E-state index in [2.05, 4.69) is 178 Å². The first-order chi connectivity index (χ1) is 62.9. The van der Waals surface area contributed by atoms with Crippen LogP contribution in [0.3, 0.4) is 0 Å². The molecule has 1 saturated heterocycles. The number of nitriles is 2. The van der Waals surface area contributed by atoms with Gasteiger partial charge in [-0.1, -0.05) is 205 Å². The molecule has 40 heteroatoms. The number of halogens is 9. The van der Waals surface area contributed by atoms with E-state index in [9.17, 15) is 36.9 Å². The molecule has 6 aromatic heterocycles. The fraction of sp³-hybridized carbons (Fsp3) is 0.521. The predicted molar refractivity (Wildman–Crippen MR) is 579 cm³/mol. The van der Waals surface area contributed by atoms with Crippen LogP contribution in [0.4, 0.5) is 0 Å². The number of hydrogen-bond donors (Lipinski definition) is 1. The topological polar surface area (TPSA) is 300 Å². The Bertz CT molecular complexity index is 5990. The first-order valence-corrected chi connectivity index (χ1v) is 66.4. The third kappa shape index (κ3) is 30.1. The number of sulfonamides is 1. The van der Waals surface area contributed by atoms with Crippen LogP contribution in [0, 0.1) is 33.5 Å². The van der Waals surface area contributed by atoms with Gasteiger partial charge in [0.25, 0.3) is 0 Å². The Labute approximate surface area is 855 Å². The van der Waals surface area contributed by atoms with Crippen LogP contribution in [0.2, 0.25) is 54.4 Å². The van der Waals surface area contributed by atoms with Crippen molar-refractivity contribution in [1.82, 2.24) is 62.2 Å². The zero-order valence-corrected chi connectivity index (χ0v) is 96.0. The molecule has 0 amide bonds. The van der Waals surface area contributed by atoms with Gasteiger partial charge in [0.05, 0.1) is 75.1 Å². The summed E-state index contributed by atoms with van der Waals surface area (Å²) in [5.74, 6) is -0.314. The van der Waals surface area contributed by atoms with Gasteiger partial charge in [-0.25, -0.2) is 45.5 Å². The quantitative estimate of drug-likeness (QED) is 0.0217. The molecule has 0 bridgehead atoms. The van der Waals surface area contributed by atoms with Gasteiger partial charge in [0.2, 0.25) is 15.9 Å². The summed E-state index contributed by atoms with van der Waals surface area (Å²) in [5, 5.41) is 29.3. The molecule has 4 fully saturated rings. The number of ether oxygens (including phenoxy) is 1. The zero-order chi connectivity index (χ0) is 102. The van der Waals surface area contributed by atoms with Crippen molar-refractivity contribution in [3.63, 3.8) is 0 Å². The summed E-state index contributed by atoms with van der Waals surface area (Å²) in [4.78, 5) is 45.8. The Balaban J connectivity index is 0.000000232. The first-order valence-electron chi connectivity index (χ1n) is 45.4. The summed E-state index contributed by atoms with van der Waals surface area (Å²) in [7, 11) is -8.28. The van der Waals surface area contributed by atoms with E-state index in [-0.39, 0.29) is 56.2 Å². The van der Waals surface area contributed by atoms with Crippen molar-refractivity contribution in [3.8, 4) is 34.7 Å². The molecule has 746 valence electrons. The van der Waals surface area contributed by atoms with E-state index >= 15 is 0 Å². The SMILES string of the molecule is CC(C)(C)C(=O)OCn1ccc2c(-c3cnn(C4(CC#N)CCC4)c3)ncnc21.CC(C)(C)C(=O)n1ccc2c(-c3cnn(C4(CC#N)CN(S(=O)(=N[Si](C)(C)C(C)(C)C)C5CC5)C4)c3)ncnc21.CC(C)(C)[Si](C)(C)N=S(=O)(Cl)c1ccccc1.CC(C)(C)[Si](C)(C)NS(=O)(=O)C1CC1.CCN(CC)CC.ClC(Cl)Cl.ClC(Cl)Cl.ClP(Cl)(c1ccccc1)(c1ccccc1)c1ccccc1. The maximum absolute atomic E-state index is 14.5. The number of nitrogens with zero attached hydrogens (tertiary/aromatic N) is 16. The van der Waals surface area contributed by atoms with Crippen molar-refractivity contribution >= 4 is 212 Å². The van der Waals surface area contributed by atoms with Gasteiger partial charge in [-0.3, -0.25) is 36.1 Å². The third-order valence-corrected chi connectivity index (χ3v) is 58.2. The van der Waals surface area contributed by atoms with Crippen LogP contribution in [0.15, 0.2) is 196 Å². The number of hydrogen-bond acceptors (Lipinski definition) is 18. The van der Waals surface area contributed by atoms with Gasteiger partial charge >= 0.3 is 141 Å². The number of carbonyl (C=O) groups is 2. The monoisotopic (exact) mass is 2170 g/mol. The van der Waals surface area contributed by atoms with Crippen LogP contribution >= 0.6 is 108 Å². The number of rotatable bonds is 22. The molecule has 4 aliphatic rings. The summed E-state index contributed by atoms with van der Waals surface area (Å²) in [5.41, 5.74) is 2.46. The van der Waals surface area contributed by atoms with Crippen LogP contribution in [-0.2, 0) is 56.2 Å². The van der Waals surface area contributed by atoms with Crippen molar-refractivity contribution in [2.24, 2.45) is 18.9 Å². The van der Waals surface area contributed by atoms with E-state index < -0.39 is 83.9 Å². The fourth-order valence-corrected chi connectivity index (χ4v) is 37.2. The third-order valence-electron chi connectivity index (χ3n) is 25.5. The molecule has 136 heavy (non-hydrogen) atoms. The van der Waals surface area contributed by atoms with Gasteiger partial charge in [0.1, 0.15) is 42.0 Å². The zero-order valence-electron chi connectivity index (χ0n) is 82.8. The van der Waals surface area contributed by atoms with E-state index in [4.69, 9.17) is 112 Å². The molecular formula is C96H137Cl9N17O7PS3Si3. The number of alkyl halides is 6. The number of carbonyl (C=O) groups excluding carboxylic acids is 2.